The summed E-state index contributed by atoms with van der Waals surface area (Å²) in [6.45, 7) is 7.17. The summed E-state index contributed by atoms with van der Waals surface area (Å²) in [7, 11) is 3.41. The zero-order valence-corrected chi connectivity index (χ0v) is 13.4. The van der Waals surface area contributed by atoms with E-state index in [-0.39, 0.29) is 5.92 Å². The van der Waals surface area contributed by atoms with Crippen molar-refractivity contribution in [1.29, 1.82) is 0 Å². The molecule has 0 unspecified atom stereocenters. The summed E-state index contributed by atoms with van der Waals surface area (Å²) in [5.74, 6) is 7.41. The maximum Gasteiger partial charge on any atom is 0.148 e. The van der Waals surface area contributed by atoms with Crippen LogP contribution in [0.1, 0.15) is 31.7 Å². The van der Waals surface area contributed by atoms with Gasteiger partial charge in [-0.15, -0.1) is 0 Å². The van der Waals surface area contributed by atoms with Gasteiger partial charge >= 0.3 is 0 Å². The molecule has 0 bridgehead atoms. The minimum Gasteiger partial charge on any atom is -0.385 e. The number of nitrogens with one attached hydrogen (secondary N) is 1. The van der Waals surface area contributed by atoms with E-state index in [0.29, 0.717) is 19.0 Å². The van der Waals surface area contributed by atoms with Gasteiger partial charge in [-0.05, 0) is 12.3 Å². The summed E-state index contributed by atoms with van der Waals surface area (Å²) in [6, 6.07) is 0. The maximum atomic E-state index is 5.58. The summed E-state index contributed by atoms with van der Waals surface area (Å²) >= 11 is 0. The molecule has 7 nitrogen and oxygen atoms in total. The second-order valence-corrected chi connectivity index (χ2v) is 5.08. The number of nitrogens with zero attached hydrogens (tertiary/aromatic N) is 3. The van der Waals surface area contributed by atoms with Crippen molar-refractivity contribution in [3.63, 3.8) is 0 Å². The molecule has 3 N–H and O–H groups in total. The highest BCUT2D eigenvalue weighted by atomic mass is 16.5. The van der Waals surface area contributed by atoms with E-state index in [2.05, 4.69) is 34.1 Å². The smallest absolute Gasteiger partial charge is 0.148 e. The largest absolute Gasteiger partial charge is 0.385 e. The Morgan fingerprint density at radius 3 is 2.48 bits per heavy atom. The van der Waals surface area contributed by atoms with Crippen molar-refractivity contribution in [2.45, 2.75) is 26.2 Å². The molecule has 0 aliphatic rings. The number of hydrogen-bond donors (Lipinski definition) is 2. The Kier molecular flexibility index (Phi) is 7.96. The van der Waals surface area contributed by atoms with Crippen LogP contribution in [0.2, 0.25) is 0 Å². The van der Waals surface area contributed by atoms with Crippen molar-refractivity contribution in [3.05, 3.63) is 11.9 Å². The molecule has 1 aromatic heterocycles. The van der Waals surface area contributed by atoms with Crippen LogP contribution < -0.4 is 16.2 Å². The summed E-state index contributed by atoms with van der Waals surface area (Å²) in [4.78, 5) is 10.9. The fourth-order valence-electron chi connectivity index (χ4n) is 2.21. The highest BCUT2D eigenvalue weighted by Crippen LogP contribution is 2.30. The molecule has 0 atom stereocenters. The van der Waals surface area contributed by atoms with E-state index >= 15 is 0 Å². The highest BCUT2D eigenvalue weighted by molar-refractivity contribution is 5.59. The predicted molar refractivity (Wildman–Crippen MR) is 84.5 cm³/mol. The summed E-state index contributed by atoms with van der Waals surface area (Å²) in [5, 5.41) is 0. The van der Waals surface area contributed by atoms with Crippen molar-refractivity contribution in [1.82, 2.24) is 9.97 Å². The summed E-state index contributed by atoms with van der Waals surface area (Å²) < 4.78 is 10.3. The van der Waals surface area contributed by atoms with Crippen LogP contribution in [0.4, 0.5) is 11.6 Å². The molecule has 0 saturated carbocycles. The van der Waals surface area contributed by atoms with E-state index in [9.17, 15) is 0 Å². The Labute approximate surface area is 126 Å². The van der Waals surface area contributed by atoms with Gasteiger partial charge < -0.3 is 19.8 Å². The maximum absolute atomic E-state index is 5.58. The zero-order valence-electron chi connectivity index (χ0n) is 13.4. The molecular formula is C14H27N5O2. The first-order valence-electron chi connectivity index (χ1n) is 7.20. The molecule has 0 radical (unpaired) electrons. The minimum atomic E-state index is 0.264. The molecule has 1 heterocycles. The minimum absolute atomic E-state index is 0.264. The lowest BCUT2D eigenvalue weighted by molar-refractivity contribution is 0.191. The molecule has 7 heteroatoms. The number of nitrogen functional groups attached to an aromatic ring is 1. The second kappa shape index (κ2) is 9.49. The van der Waals surface area contributed by atoms with Gasteiger partial charge in [0.05, 0.1) is 6.61 Å². The molecule has 0 spiro atoms. The third kappa shape index (κ3) is 5.11. The van der Waals surface area contributed by atoms with Gasteiger partial charge in [0.15, 0.2) is 0 Å². The number of aromatic nitrogens is 2. The summed E-state index contributed by atoms with van der Waals surface area (Å²) in [6.07, 6.45) is 2.46. The van der Waals surface area contributed by atoms with Crippen LogP contribution in [0.25, 0.3) is 0 Å². The van der Waals surface area contributed by atoms with Crippen LogP contribution in [0.15, 0.2) is 6.33 Å². The van der Waals surface area contributed by atoms with E-state index in [1.165, 1.54) is 6.33 Å². The molecule has 0 aliphatic carbocycles. The lowest BCUT2D eigenvalue weighted by Crippen LogP contribution is -2.31. The molecule has 21 heavy (non-hydrogen) atoms. The first-order chi connectivity index (χ1) is 10.2. The van der Waals surface area contributed by atoms with Crippen molar-refractivity contribution in [3.8, 4) is 0 Å². The fraction of sp³-hybridized carbons (Fsp3) is 0.714. The first kappa shape index (κ1) is 17.6. The van der Waals surface area contributed by atoms with Crippen molar-refractivity contribution >= 4 is 11.6 Å². The molecule has 0 aliphatic heterocycles. The Hall–Kier alpha value is -1.44. The molecule has 1 rings (SSSR count). The average molecular weight is 297 g/mol. The molecule has 1 aromatic rings. The van der Waals surface area contributed by atoms with Crippen LogP contribution in [0.5, 0.6) is 0 Å². The normalized spacial score (nSPS) is 11.0. The lowest BCUT2D eigenvalue weighted by atomic mass is 10.0. The van der Waals surface area contributed by atoms with Crippen LogP contribution in [0, 0.1) is 0 Å². The van der Waals surface area contributed by atoms with Gasteiger partial charge in [-0.3, -0.25) is 0 Å². The third-order valence-corrected chi connectivity index (χ3v) is 3.22. The average Bonchev–Trinajstić information content (AvgIpc) is 2.49. The monoisotopic (exact) mass is 297 g/mol. The van der Waals surface area contributed by atoms with Gasteiger partial charge in [-0.2, -0.15) is 0 Å². The van der Waals surface area contributed by atoms with Gasteiger partial charge in [-0.25, -0.2) is 15.8 Å². The Bertz CT molecular complexity index is 414. The molecule has 0 fully saturated rings. The van der Waals surface area contributed by atoms with E-state index in [1.807, 2.05) is 0 Å². The topological polar surface area (TPSA) is 85.5 Å². The van der Waals surface area contributed by atoms with Crippen molar-refractivity contribution < 1.29 is 9.47 Å². The quantitative estimate of drug-likeness (QED) is 0.383. The van der Waals surface area contributed by atoms with Gasteiger partial charge in [0, 0.05) is 39.5 Å². The van der Waals surface area contributed by atoms with Gasteiger partial charge in [0.25, 0.3) is 0 Å². The SMILES string of the molecule is COCCCN(CCOC)c1ncnc(NN)c1C(C)C. The number of methoxy groups -OCH3 is 2. The number of anilines is 2. The molecule has 0 saturated heterocycles. The Morgan fingerprint density at radius 2 is 1.90 bits per heavy atom. The molecule has 0 aromatic carbocycles. The number of hydrazine groups is 1. The predicted octanol–water partition coefficient (Wildman–Crippen LogP) is 1.37. The highest BCUT2D eigenvalue weighted by Gasteiger charge is 2.19. The molecular weight excluding hydrogens is 270 g/mol. The van der Waals surface area contributed by atoms with Crippen LogP contribution in [-0.2, 0) is 9.47 Å². The Morgan fingerprint density at radius 1 is 1.19 bits per heavy atom. The van der Waals surface area contributed by atoms with Gasteiger partial charge in [0.1, 0.15) is 18.0 Å². The third-order valence-electron chi connectivity index (χ3n) is 3.22. The number of nitrogens with two attached hydrogens (primary N) is 1. The van der Waals surface area contributed by atoms with Crippen LogP contribution in [-0.4, -0.2) is 50.5 Å². The van der Waals surface area contributed by atoms with Crippen LogP contribution >= 0.6 is 0 Å². The first-order valence-corrected chi connectivity index (χ1v) is 7.20. The van der Waals surface area contributed by atoms with Crippen LogP contribution in [0.3, 0.4) is 0 Å². The van der Waals surface area contributed by atoms with E-state index < -0.39 is 0 Å². The summed E-state index contributed by atoms with van der Waals surface area (Å²) in [5.41, 5.74) is 3.68. The van der Waals surface area contributed by atoms with E-state index in [4.69, 9.17) is 15.3 Å². The number of ether oxygens (including phenoxy) is 2. The standard InChI is InChI=1S/C14H27N5O2/c1-11(2)12-13(18-15)16-10-17-14(12)19(7-9-21-4)6-5-8-20-3/h10-11H,5-9,15H2,1-4H3,(H,16,17,18). The Balaban J connectivity index is 3.03. The fourth-order valence-corrected chi connectivity index (χ4v) is 2.21. The lowest BCUT2D eigenvalue weighted by Gasteiger charge is -2.27. The zero-order chi connectivity index (χ0) is 15.7. The van der Waals surface area contributed by atoms with Gasteiger partial charge in [-0.1, -0.05) is 13.8 Å². The van der Waals surface area contributed by atoms with E-state index in [0.717, 1.165) is 30.9 Å². The number of hydrogen-bond acceptors (Lipinski definition) is 7. The van der Waals surface area contributed by atoms with Crippen molar-refractivity contribution in [2.24, 2.45) is 5.84 Å². The van der Waals surface area contributed by atoms with Crippen molar-refractivity contribution in [2.75, 3.05) is 50.8 Å². The van der Waals surface area contributed by atoms with Gasteiger partial charge in [0.2, 0.25) is 0 Å². The van der Waals surface area contributed by atoms with E-state index in [1.54, 1.807) is 14.2 Å². The number of rotatable bonds is 10. The molecule has 0 amide bonds. The molecule has 120 valence electrons. The second-order valence-electron chi connectivity index (χ2n) is 5.08.